The molecule has 0 bridgehead atoms. The largest absolute Gasteiger partial charge is 0.493 e. The van der Waals surface area contributed by atoms with Crippen molar-refractivity contribution >= 4 is 15.9 Å². The lowest BCUT2D eigenvalue weighted by Gasteiger charge is -2.13. The number of benzene rings is 1. The summed E-state index contributed by atoms with van der Waals surface area (Å²) in [6.45, 7) is -0.120. The Morgan fingerprint density at radius 3 is 2.53 bits per heavy atom. The molecule has 0 aliphatic heterocycles. The molecule has 0 spiro atoms. The van der Waals surface area contributed by atoms with Gasteiger partial charge in [0.2, 0.25) is 0 Å². The van der Waals surface area contributed by atoms with Crippen LogP contribution in [0.3, 0.4) is 0 Å². The molecule has 0 amide bonds. The molecule has 84 valence electrons. The molecular formula is C10H12BrFO3. The SMILES string of the molecule is COc1cc(F)c(CCO)c(Br)c1OC. The third-order valence-electron chi connectivity index (χ3n) is 2.02. The molecule has 3 nitrogen and oxygen atoms in total. The monoisotopic (exact) mass is 278 g/mol. The first-order valence-electron chi connectivity index (χ1n) is 4.35. The van der Waals surface area contributed by atoms with Gasteiger partial charge in [-0.25, -0.2) is 4.39 Å². The van der Waals surface area contributed by atoms with Crippen molar-refractivity contribution in [3.05, 3.63) is 21.9 Å². The maximum Gasteiger partial charge on any atom is 0.175 e. The molecule has 0 aliphatic rings. The van der Waals surface area contributed by atoms with Gasteiger partial charge in [-0.1, -0.05) is 0 Å². The zero-order valence-corrected chi connectivity index (χ0v) is 10.1. The van der Waals surface area contributed by atoms with E-state index in [0.29, 0.717) is 21.5 Å². The Kier molecular flexibility index (Phi) is 4.35. The lowest BCUT2D eigenvalue weighted by atomic mass is 10.1. The number of aliphatic hydroxyl groups is 1. The van der Waals surface area contributed by atoms with Gasteiger partial charge in [0.1, 0.15) is 5.82 Å². The zero-order chi connectivity index (χ0) is 11.4. The van der Waals surface area contributed by atoms with E-state index >= 15 is 0 Å². The van der Waals surface area contributed by atoms with Crippen molar-refractivity contribution in [2.75, 3.05) is 20.8 Å². The molecule has 1 N–H and O–H groups in total. The number of ether oxygens (including phenoxy) is 2. The van der Waals surface area contributed by atoms with E-state index in [4.69, 9.17) is 14.6 Å². The van der Waals surface area contributed by atoms with Gasteiger partial charge in [-0.15, -0.1) is 0 Å². The number of methoxy groups -OCH3 is 2. The minimum Gasteiger partial charge on any atom is -0.493 e. The van der Waals surface area contributed by atoms with Gasteiger partial charge in [0, 0.05) is 18.2 Å². The zero-order valence-electron chi connectivity index (χ0n) is 8.51. The molecule has 0 radical (unpaired) electrons. The fourth-order valence-corrected chi connectivity index (χ4v) is 2.05. The lowest BCUT2D eigenvalue weighted by molar-refractivity contribution is 0.296. The Labute approximate surface area is 95.9 Å². The smallest absolute Gasteiger partial charge is 0.175 e. The second kappa shape index (κ2) is 5.32. The molecule has 5 heteroatoms. The molecule has 0 aromatic heterocycles. The highest BCUT2D eigenvalue weighted by Gasteiger charge is 2.17. The van der Waals surface area contributed by atoms with Crippen molar-refractivity contribution in [3.63, 3.8) is 0 Å². The average Bonchev–Trinajstić information content (AvgIpc) is 2.23. The van der Waals surface area contributed by atoms with E-state index < -0.39 is 5.82 Å². The summed E-state index contributed by atoms with van der Waals surface area (Å²) in [7, 11) is 2.92. The fourth-order valence-electron chi connectivity index (χ4n) is 1.30. The van der Waals surface area contributed by atoms with Crippen molar-refractivity contribution in [2.24, 2.45) is 0 Å². The average molecular weight is 279 g/mol. The number of aliphatic hydroxyl groups excluding tert-OH is 1. The van der Waals surface area contributed by atoms with E-state index in [1.165, 1.54) is 20.3 Å². The van der Waals surface area contributed by atoms with E-state index in [-0.39, 0.29) is 13.0 Å². The van der Waals surface area contributed by atoms with Crippen molar-refractivity contribution < 1.29 is 19.0 Å². The van der Waals surface area contributed by atoms with E-state index in [1.54, 1.807) is 0 Å². The summed E-state index contributed by atoms with van der Waals surface area (Å²) in [5.41, 5.74) is 0.384. The van der Waals surface area contributed by atoms with Crippen LogP contribution < -0.4 is 9.47 Å². The highest BCUT2D eigenvalue weighted by Crippen LogP contribution is 2.39. The first-order chi connectivity index (χ1) is 7.15. The Hall–Kier alpha value is -0.810. The van der Waals surface area contributed by atoms with Gasteiger partial charge in [0.15, 0.2) is 11.5 Å². The molecule has 0 unspecified atom stereocenters. The van der Waals surface area contributed by atoms with E-state index in [0.717, 1.165) is 0 Å². The summed E-state index contributed by atoms with van der Waals surface area (Å²) < 4.78 is 24.1. The molecule has 0 heterocycles. The lowest BCUT2D eigenvalue weighted by Crippen LogP contribution is -2.01. The minimum absolute atomic E-state index is 0.120. The maximum atomic E-state index is 13.5. The molecule has 1 rings (SSSR count). The van der Waals surface area contributed by atoms with Gasteiger partial charge in [-0.2, -0.15) is 0 Å². The van der Waals surface area contributed by atoms with Crippen LogP contribution in [0.5, 0.6) is 11.5 Å². The van der Waals surface area contributed by atoms with Crippen LogP contribution in [0.4, 0.5) is 4.39 Å². The maximum absolute atomic E-state index is 13.5. The number of hydrogen-bond acceptors (Lipinski definition) is 3. The Bertz CT molecular complexity index is 355. The fraction of sp³-hybridized carbons (Fsp3) is 0.400. The van der Waals surface area contributed by atoms with Crippen LogP contribution in [0, 0.1) is 5.82 Å². The van der Waals surface area contributed by atoms with E-state index in [1.807, 2.05) is 0 Å². The molecule has 0 aliphatic carbocycles. The van der Waals surface area contributed by atoms with Gasteiger partial charge >= 0.3 is 0 Å². The Morgan fingerprint density at radius 1 is 1.40 bits per heavy atom. The predicted octanol–water partition coefficient (Wildman–Crippen LogP) is 2.14. The van der Waals surface area contributed by atoms with Gasteiger partial charge in [-0.05, 0) is 22.4 Å². The Balaban J connectivity index is 3.31. The van der Waals surface area contributed by atoms with Crippen LogP contribution in [0.2, 0.25) is 0 Å². The molecule has 0 saturated heterocycles. The first kappa shape index (κ1) is 12.3. The molecule has 0 fully saturated rings. The molecule has 15 heavy (non-hydrogen) atoms. The van der Waals surface area contributed by atoms with Gasteiger partial charge < -0.3 is 14.6 Å². The van der Waals surface area contributed by atoms with Gasteiger partial charge in [0.05, 0.1) is 18.7 Å². The van der Waals surface area contributed by atoms with E-state index in [9.17, 15) is 4.39 Å². The normalized spacial score (nSPS) is 10.2. The van der Waals surface area contributed by atoms with Crippen LogP contribution >= 0.6 is 15.9 Å². The van der Waals surface area contributed by atoms with Gasteiger partial charge in [-0.3, -0.25) is 0 Å². The van der Waals surface area contributed by atoms with Crippen LogP contribution in [0.1, 0.15) is 5.56 Å². The highest BCUT2D eigenvalue weighted by molar-refractivity contribution is 9.10. The molecule has 0 saturated carbocycles. The quantitative estimate of drug-likeness (QED) is 0.917. The highest BCUT2D eigenvalue weighted by atomic mass is 79.9. The summed E-state index contributed by atoms with van der Waals surface area (Å²) in [5.74, 6) is 0.333. The van der Waals surface area contributed by atoms with Crippen molar-refractivity contribution in [2.45, 2.75) is 6.42 Å². The second-order valence-electron chi connectivity index (χ2n) is 2.86. The molecular weight excluding hydrogens is 267 g/mol. The third kappa shape index (κ3) is 2.41. The molecule has 1 aromatic carbocycles. The number of rotatable bonds is 4. The van der Waals surface area contributed by atoms with Crippen LogP contribution in [0.15, 0.2) is 10.5 Å². The third-order valence-corrected chi connectivity index (χ3v) is 2.86. The van der Waals surface area contributed by atoms with Crippen molar-refractivity contribution in [1.29, 1.82) is 0 Å². The van der Waals surface area contributed by atoms with Crippen LogP contribution in [-0.2, 0) is 6.42 Å². The van der Waals surface area contributed by atoms with Crippen LogP contribution in [0.25, 0.3) is 0 Å². The number of hydrogen-bond donors (Lipinski definition) is 1. The Morgan fingerprint density at radius 2 is 2.07 bits per heavy atom. The van der Waals surface area contributed by atoms with Gasteiger partial charge in [0.25, 0.3) is 0 Å². The predicted molar refractivity (Wildman–Crippen MR) is 58.0 cm³/mol. The summed E-state index contributed by atoms with van der Waals surface area (Å²) >= 11 is 3.23. The van der Waals surface area contributed by atoms with Crippen molar-refractivity contribution in [3.8, 4) is 11.5 Å². The summed E-state index contributed by atoms with van der Waals surface area (Å²) in [6, 6.07) is 1.24. The first-order valence-corrected chi connectivity index (χ1v) is 5.14. The van der Waals surface area contributed by atoms with Crippen LogP contribution in [-0.4, -0.2) is 25.9 Å². The topological polar surface area (TPSA) is 38.7 Å². The summed E-state index contributed by atoms with van der Waals surface area (Å²) in [4.78, 5) is 0. The second-order valence-corrected chi connectivity index (χ2v) is 3.65. The molecule has 0 atom stereocenters. The number of halogens is 2. The summed E-state index contributed by atoms with van der Waals surface area (Å²) in [6.07, 6.45) is 0.229. The standard InChI is InChI=1S/C10H12BrFO3/c1-14-8-5-7(12)6(3-4-13)9(11)10(8)15-2/h5,13H,3-4H2,1-2H3. The minimum atomic E-state index is -0.423. The van der Waals surface area contributed by atoms with Crippen molar-refractivity contribution in [1.82, 2.24) is 0 Å². The van der Waals surface area contributed by atoms with E-state index in [2.05, 4.69) is 15.9 Å². The molecule has 1 aromatic rings. The summed E-state index contributed by atoms with van der Waals surface area (Å²) in [5, 5.41) is 8.80.